The van der Waals surface area contributed by atoms with Gasteiger partial charge >= 0.3 is 0 Å². The highest BCUT2D eigenvalue weighted by Gasteiger charge is 2.48. The normalized spacial score (nSPS) is 21.1. The number of imidazole rings is 1. The lowest BCUT2D eigenvalue weighted by Crippen LogP contribution is -2.60. The molecule has 0 amide bonds. The molecule has 1 aromatic heterocycles. The van der Waals surface area contributed by atoms with Gasteiger partial charge in [-0.3, -0.25) is 0 Å². The summed E-state index contributed by atoms with van der Waals surface area (Å²) >= 11 is 0. The SMILES string of the molecule is CCC1(C)C(C)c2ccccc2-c2n(-c3ccccc3)c3ccccc3[n+]21. The molecule has 0 bridgehead atoms. The molecule has 2 nitrogen and oxygen atoms in total. The van der Waals surface area contributed by atoms with Crippen LogP contribution >= 0.6 is 0 Å². The van der Waals surface area contributed by atoms with Gasteiger partial charge in [0.15, 0.2) is 11.0 Å². The second kappa shape index (κ2) is 5.82. The highest BCUT2D eigenvalue weighted by Crippen LogP contribution is 2.45. The molecule has 1 aliphatic heterocycles. The van der Waals surface area contributed by atoms with Crippen molar-refractivity contribution in [3.8, 4) is 17.1 Å². The van der Waals surface area contributed by atoms with Crippen LogP contribution in [0, 0.1) is 0 Å². The third-order valence-electron chi connectivity index (χ3n) is 6.63. The third-order valence-corrected chi connectivity index (χ3v) is 6.63. The summed E-state index contributed by atoms with van der Waals surface area (Å²) in [5.41, 5.74) is 6.61. The summed E-state index contributed by atoms with van der Waals surface area (Å²) in [5, 5.41) is 0. The van der Waals surface area contributed by atoms with Gasteiger partial charge in [0.05, 0.1) is 5.56 Å². The van der Waals surface area contributed by atoms with Crippen LogP contribution in [0.25, 0.3) is 28.1 Å². The molecular formula is C25H25N2+. The Balaban J connectivity index is 2.01. The average Bonchev–Trinajstić information content (AvgIpc) is 3.08. The first-order valence-electron chi connectivity index (χ1n) is 9.87. The van der Waals surface area contributed by atoms with Crippen molar-refractivity contribution >= 4 is 11.0 Å². The number of para-hydroxylation sites is 3. The molecule has 1 aliphatic rings. The fourth-order valence-corrected chi connectivity index (χ4v) is 4.84. The largest absolute Gasteiger partial charge is 0.295 e. The molecular weight excluding hydrogens is 328 g/mol. The topological polar surface area (TPSA) is 8.81 Å². The summed E-state index contributed by atoms with van der Waals surface area (Å²) in [6.07, 6.45) is 1.09. The van der Waals surface area contributed by atoms with Crippen molar-refractivity contribution in [1.29, 1.82) is 0 Å². The average molecular weight is 353 g/mol. The summed E-state index contributed by atoms with van der Waals surface area (Å²) in [7, 11) is 0. The first-order valence-corrected chi connectivity index (χ1v) is 9.87. The van der Waals surface area contributed by atoms with E-state index in [4.69, 9.17) is 0 Å². The zero-order valence-corrected chi connectivity index (χ0v) is 16.2. The summed E-state index contributed by atoms with van der Waals surface area (Å²) < 4.78 is 5.04. The smallest absolute Gasteiger partial charge is 0.217 e. The fourth-order valence-electron chi connectivity index (χ4n) is 4.84. The number of nitrogens with zero attached hydrogens (tertiary/aromatic N) is 2. The Bertz CT molecular complexity index is 1140. The van der Waals surface area contributed by atoms with Crippen molar-refractivity contribution in [1.82, 2.24) is 4.57 Å². The van der Waals surface area contributed by atoms with Crippen LogP contribution < -0.4 is 4.57 Å². The molecule has 0 N–H and O–H groups in total. The molecule has 3 aromatic carbocycles. The Hall–Kier alpha value is -2.87. The Morgan fingerprint density at radius 2 is 1.56 bits per heavy atom. The van der Waals surface area contributed by atoms with Gasteiger partial charge in [0.2, 0.25) is 0 Å². The summed E-state index contributed by atoms with van der Waals surface area (Å²) in [5.74, 6) is 1.74. The fraction of sp³-hybridized carbons (Fsp3) is 0.240. The van der Waals surface area contributed by atoms with Crippen molar-refractivity contribution in [2.24, 2.45) is 0 Å². The number of rotatable bonds is 2. The lowest BCUT2D eigenvalue weighted by atomic mass is 9.75. The van der Waals surface area contributed by atoms with Crippen LogP contribution in [0.1, 0.15) is 38.7 Å². The van der Waals surface area contributed by atoms with Crippen LogP contribution in [0.15, 0.2) is 78.9 Å². The highest BCUT2D eigenvalue weighted by atomic mass is 15.2. The minimum Gasteiger partial charge on any atom is -0.217 e. The van der Waals surface area contributed by atoms with E-state index >= 15 is 0 Å². The number of aromatic nitrogens is 2. The standard InChI is InChI=1S/C25H25N2/c1-4-25(3)18(2)20-14-8-9-15-21(20)24-26(19-12-6-5-7-13-19)22-16-10-11-17-23(22)27(24)25/h5-18H,4H2,1-3H3/q+1. The van der Waals surface area contributed by atoms with E-state index in [9.17, 15) is 0 Å². The van der Waals surface area contributed by atoms with Gasteiger partial charge in [-0.1, -0.05) is 62.4 Å². The quantitative estimate of drug-likeness (QED) is 0.401. The molecule has 4 aromatic rings. The van der Waals surface area contributed by atoms with Gasteiger partial charge in [0.1, 0.15) is 11.2 Å². The van der Waals surface area contributed by atoms with E-state index in [2.05, 4.69) is 109 Å². The van der Waals surface area contributed by atoms with E-state index in [1.807, 2.05) is 0 Å². The van der Waals surface area contributed by atoms with E-state index in [0.717, 1.165) is 6.42 Å². The summed E-state index contributed by atoms with van der Waals surface area (Å²) in [6.45, 7) is 7.11. The third kappa shape index (κ3) is 2.10. The van der Waals surface area contributed by atoms with Gasteiger partial charge in [-0.2, -0.15) is 4.57 Å². The summed E-state index contributed by atoms with van der Waals surface area (Å²) in [4.78, 5) is 0. The highest BCUT2D eigenvalue weighted by molar-refractivity contribution is 5.80. The van der Waals surface area contributed by atoms with Crippen LogP contribution in [-0.2, 0) is 5.54 Å². The van der Waals surface area contributed by atoms with Gasteiger partial charge in [0, 0.05) is 5.92 Å². The van der Waals surface area contributed by atoms with E-state index < -0.39 is 0 Å². The molecule has 0 saturated heterocycles. The molecule has 27 heavy (non-hydrogen) atoms. The molecule has 0 spiro atoms. The molecule has 0 saturated carbocycles. The van der Waals surface area contributed by atoms with E-state index in [1.54, 1.807) is 0 Å². The summed E-state index contributed by atoms with van der Waals surface area (Å²) in [6, 6.07) is 28.5. The van der Waals surface area contributed by atoms with E-state index in [0.29, 0.717) is 5.92 Å². The Morgan fingerprint density at radius 1 is 0.889 bits per heavy atom. The predicted octanol–water partition coefficient (Wildman–Crippen LogP) is 5.83. The van der Waals surface area contributed by atoms with Crippen LogP contribution in [0.4, 0.5) is 0 Å². The molecule has 2 heteroatoms. The van der Waals surface area contributed by atoms with Crippen molar-refractivity contribution in [3.63, 3.8) is 0 Å². The van der Waals surface area contributed by atoms with Crippen LogP contribution in [0.3, 0.4) is 0 Å². The van der Waals surface area contributed by atoms with Crippen molar-refractivity contribution in [2.45, 2.75) is 38.6 Å². The number of fused-ring (bicyclic) bond motifs is 5. The Morgan fingerprint density at radius 3 is 2.33 bits per heavy atom. The number of hydrogen-bond acceptors (Lipinski definition) is 0. The molecule has 5 rings (SSSR count). The Kier molecular flexibility index (Phi) is 3.51. The van der Waals surface area contributed by atoms with Crippen molar-refractivity contribution < 1.29 is 4.57 Å². The molecule has 0 radical (unpaired) electrons. The molecule has 134 valence electrons. The molecule has 2 unspecified atom stereocenters. The monoisotopic (exact) mass is 353 g/mol. The second-order valence-electron chi connectivity index (χ2n) is 7.84. The lowest BCUT2D eigenvalue weighted by molar-refractivity contribution is -0.735. The molecule has 0 fully saturated rings. The maximum absolute atomic E-state index is 2.60. The lowest BCUT2D eigenvalue weighted by Gasteiger charge is -2.37. The molecule has 2 heterocycles. The van der Waals surface area contributed by atoms with Gasteiger partial charge in [0.25, 0.3) is 5.82 Å². The zero-order chi connectivity index (χ0) is 18.6. The van der Waals surface area contributed by atoms with E-state index in [1.165, 1.54) is 33.7 Å². The Labute approximate surface area is 160 Å². The van der Waals surface area contributed by atoms with Crippen LogP contribution in [0.5, 0.6) is 0 Å². The van der Waals surface area contributed by atoms with Gasteiger partial charge in [-0.15, -0.1) is 0 Å². The second-order valence-corrected chi connectivity index (χ2v) is 7.84. The number of hydrogen-bond donors (Lipinski definition) is 0. The van der Waals surface area contributed by atoms with Gasteiger partial charge < -0.3 is 0 Å². The van der Waals surface area contributed by atoms with Crippen LogP contribution in [-0.4, -0.2) is 4.57 Å². The van der Waals surface area contributed by atoms with Crippen LogP contribution in [0.2, 0.25) is 0 Å². The first-order chi connectivity index (χ1) is 13.2. The van der Waals surface area contributed by atoms with Crippen molar-refractivity contribution in [2.75, 3.05) is 0 Å². The minimum absolute atomic E-state index is 0.0311. The maximum atomic E-state index is 2.60. The van der Waals surface area contributed by atoms with Gasteiger partial charge in [-0.05, 0) is 49.2 Å². The predicted molar refractivity (Wildman–Crippen MR) is 111 cm³/mol. The maximum Gasteiger partial charge on any atom is 0.295 e. The van der Waals surface area contributed by atoms with Crippen molar-refractivity contribution in [3.05, 3.63) is 84.4 Å². The first kappa shape index (κ1) is 16.3. The molecule has 0 aliphatic carbocycles. The molecule has 2 atom stereocenters. The van der Waals surface area contributed by atoms with Gasteiger partial charge in [-0.25, -0.2) is 4.57 Å². The number of benzene rings is 3. The minimum atomic E-state index is 0.0311. The zero-order valence-electron chi connectivity index (χ0n) is 16.2. The van der Waals surface area contributed by atoms with E-state index in [-0.39, 0.29) is 5.54 Å².